The molecule has 2 aliphatic rings. The zero-order chi connectivity index (χ0) is 24.4. The summed E-state index contributed by atoms with van der Waals surface area (Å²) in [6, 6.07) is 20.6. The molecule has 8 nitrogen and oxygen atoms in total. The van der Waals surface area contributed by atoms with Crippen molar-refractivity contribution in [2.45, 2.75) is 6.92 Å². The molecule has 2 heterocycles. The molecule has 1 N–H and O–H groups in total. The van der Waals surface area contributed by atoms with Gasteiger partial charge in [-0.2, -0.15) is 5.26 Å². The largest absolute Gasteiger partial charge is 0.494 e. The predicted octanol–water partition coefficient (Wildman–Crippen LogP) is 4.12. The molecule has 0 atom stereocenters. The van der Waals surface area contributed by atoms with Gasteiger partial charge in [0.05, 0.1) is 29.5 Å². The van der Waals surface area contributed by atoms with Crippen molar-refractivity contribution in [3.05, 3.63) is 83.6 Å². The Labute approximate surface area is 201 Å². The van der Waals surface area contributed by atoms with E-state index < -0.39 is 11.8 Å². The average molecular weight is 467 g/mol. The molecule has 174 valence electrons. The molecule has 5 rings (SSSR count). The number of amides is 2. The van der Waals surface area contributed by atoms with Crippen LogP contribution in [0.1, 0.15) is 18.1 Å². The molecule has 0 bridgehead atoms. The zero-order valence-corrected chi connectivity index (χ0v) is 18.9. The van der Waals surface area contributed by atoms with Crippen LogP contribution in [0.3, 0.4) is 0 Å². The second kappa shape index (κ2) is 9.23. The lowest BCUT2D eigenvalue weighted by Gasteiger charge is -2.19. The number of ether oxygens (including phenoxy) is 3. The number of benzene rings is 3. The summed E-state index contributed by atoms with van der Waals surface area (Å²) in [5.74, 6) is 0.877. The highest BCUT2D eigenvalue weighted by Crippen LogP contribution is 2.37. The molecule has 3 aromatic rings. The molecule has 8 heteroatoms. The first kappa shape index (κ1) is 22.0. The van der Waals surface area contributed by atoms with Crippen LogP contribution in [-0.4, -0.2) is 31.6 Å². The molecule has 0 aliphatic carbocycles. The van der Waals surface area contributed by atoms with Gasteiger partial charge in [0.2, 0.25) is 0 Å². The molecule has 0 spiro atoms. The highest BCUT2D eigenvalue weighted by atomic mass is 16.6. The summed E-state index contributed by atoms with van der Waals surface area (Å²) in [7, 11) is 0. The van der Waals surface area contributed by atoms with Gasteiger partial charge in [-0.1, -0.05) is 12.1 Å². The Morgan fingerprint density at radius 1 is 0.943 bits per heavy atom. The van der Waals surface area contributed by atoms with Crippen molar-refractivity contribution in [1.29, 1.82) is 5.26 Å². The Kier molecular flexibility index (Phi) is 5.81. The van der Waals surface area contributed by atoms with Gasteiger partial charge in [-0.3, -0.25) is 9.59 Å². The Bertz CT molecular complexity index is 1370. The van der Waals surface area contributed by atoms with E-state index in [9.17, 15) is 9.59 Å². The van der Waals surface area contributed by atoms with Gasteiger partial charge in [0.25, 0.3) is 11.8 Å². The number of fused-ring (bicyclic) bond motifs is 1. The van der Waals surface area contributed by atoms with E-state index in [1.54, 1.807) is 66.7 Å². The Morgan fingerprint density at radius 2 is 1.66 bits per heavy atom. The van der Waals surface area contributed by atoms with Crippen molar-refractivity contribution in [3.63, 3.8) is 0 Å². The number of nitrogens with one attached hydrogen (secondary N) is 1. The molecule has 2 aliphatic heterocycles. The van der Waals surface area contributed by atoms with E-state index in [0.29, 0.717) is 59.6 Å². The molecule has 0 radical (unpaired) electrons. The summed E-state index contributed by atoms with van der Waals surface area (Å²) in [5, 5.41) is 12.2. The topological polar surface area (TPSA) is 101 Å². The summed E-state index contributed by atoms with van der Waals surface area (Å²) < 4.78 is 16.7. The number of anilines is 2. The maximum atomic E-state index is 13.6. The number of nitriles is 1. The minimum Gasteiger partial charge on any atom is -0.494 e. The van der Waals surface area contributed by atoms with Crippen LogP contribution in [0, 0.1) is 11.3 Å². The Morgan fingerprint density at radius 3 is 2.34 bits per heavy atom. The number of carbonyl (C=O) groups excluding carboxylic acids is 2. The number of carbonyl (C=O) groups is 2. The van der Waals surface area contributed by atoms with E-state index in [2.05, 4.69) is 5.32 Å². The standard InChI is InChI=1S/C27H21N3O5/c1-2-33-21-10-5-18(6-11-21)24-25(29-19-7-12-22-23(15-19)35-14-13-34-22)27(32)30(26(24)31)20-8-3-17(16-28)4-9-20/h3-12,15,29H,2,13-14H2,1H3. The van der Waals surface area contributed by atoms with Crippen molar-refractivity contribution in [1.82, 2.24) is 0 Å². The van der Waals surface area contributed by atoms with Gasteiger partial charge in [-0.05, 0) is 61.0 Å². The van der Waals surface area contributed by atoms with Crippen molar-refractivity contribution >= 4 is 28.8 Å². The monoisotopic (exact) mass is 467 g/mol. The lowest BCUT2D eigenvalue weighted by molar-refractivity contribution is -0.120. The van der Waals surface area contributed by atoms with Gasteiger partial charge in [0.1, 0.15) is 24.7 Å². The molecule has 3 aromatic carbocycles. The molecule has 0 saturated carbocycles. The molecule has 0 fully saturated rings. The van der Waals surface area contributed by atoms with E-state index in [1.807, 2.05) is 13.0 Å². The van der Waals surface area contributed by atoms with Crippen molar-refractivity contribution in [2.75, 3.05) is 30.0 Å². The van der Waals surface area contributed by atoms with E-state index >= 15 is 0 Å². The lowest BCUT2D eigenvalue weighted by Crippen LogP contribution is -2.32. The summed E-state index contributed by atoms with van der Waals surface area (Å²) in [6.45, 7) is 3.31. The third-order valence-electron chi connectivity index (χ3n) is 5.60. The smallest absolute Gasteiger partial charge is 0.282 e. The Hall–Kier alpha value is -4.77. The van der Waals surface area contributed by atoms with Crippen LogP contribution in [0.2, 0.25) is 0 Å². The van der Waals surface area contributed by atoms with Crippen molar-refractivity contribution in [2.24, 2.45) is 0 Å². The zero-order valence-electron chi connectivity index (χ0n) is 18.9. The summed E-state index contributed by atoms with van der Waals surface area (Å²) in [6.07, 6.45) is 0. The van der Waals surface area contributed by atoms with E-state index in [0.717, 1.165) is 4.90 Å². The number of hydrogen-bond donors (Lipinski definition) is 1. The maximum absolute atomic E-state index is 13.6. The minimum absolute atomic E-state index is 0.139. The van der Waals surface area contributed by atoms with Gasteiger partial charge in [0.15, 0.2) is 11.5 Å². The van der Waals surface area contributed by atoms with Crippen LogP contribution < -0.4 is 24.4 Å². The maximum Gasteiger partial charge on any atom is 0.282 e. The van der Waals surface area contributed by atoms with Crippen molar-refractivity contribution < 1.29 is 23.8 Å². The average Bonchev–Trinajstić information content (AvgIpc) is 3.13. The molecule has 0 aromatic heterocycles. The highest BCUT2D eigenvalue weighted by molar-refractivity contribution is 6.46. The fraction of sp³-hybridized carbons (Fsp3) is 0.148. The molecule has 0 unspecified atom stereocenters. The first-order valence-electron chi connectivity index (χ1n) is 11.1. The number of hydrogen-bond acceptors (Lipinski definition) is 7. The van der Waals surface area contributed by atoms with Crippen LogP contribution in [-0.2, 0) is 9.59 Å². The third kappa shape index (κ3) is 4.15. The highest BCUT2D eigenvalue weighted by Gasteiger charge is 2.40. The molecule has 0 saturated heterocycles. The number of rotatable bonds is 6. The first-order valence-corrected chi connectivity index (χ1v) is 11.1. The quantitative estimate of drug-likeness (QED) is 0.544. The van der Waals surface area contributed by atoms with E-state index in [1.165, 1.54) is 0 Å². The van der Waals surface area contributed by atoms with Crippen LogP contribution in [0.15, 0.2) is 72.4 Å². The summed E-state index contributed by atoms with van der Waals surface area (Å²) in [5.41, 5.74) is 2.33. The third-order valence-corrected chi connectivity index (χ3v) is 5.60. The fourth-order valence-electron chi connectivity index (χ4n) is 3.98. The minimum atomic E-state index is -0.501. The predicted molar refractivity (Wildman–Crippen MR) is 129 cm³/mol. The SMILES string of the molecule is CCOc1ccc(C2=C(Nc3ccc4c(c3)OCCO4)C(=O)N(c3ccc(C#N)cc3)C2=O)cc1. The van der Waals surface area contributed by atoms with Gasteiger partial charge >= 0.3 is 0 Å². The van der Waals surface area contributed by atoms with Crippen molar-refractivity contribution in [3.8, 4) is 23.3 Å². The second-order valence-electron chi connectivity index (χ2n) is 7.80. The molecule has 2 amide bonds. The normalized spacial score (nSPS) is 14.7. The van der Waals surface area contributed by atoms with Gasteiger partial charge in [0, 0.05) is 11.8 Å². The summed E-state index contributed by atoms with van der Waals surface area (Å²) in [4.78, 5) is 28.2. The number of nitrogens with zero attached hydrogens (tertiary/aromatic N) is 2. The van der Waals surface area contributed by atoms with Crippen LogP contribution >= 0.6 is 0 Å². The molecular formula is C27H21N3O5. The van der Waals surface area contributed by atoms with E-state index in [-0.39, 0.29) is 11.3 Å². The van der Waals surface area contributed by atoms with Crippen LogP contribution in [0.25, 0.3) is 5.57 Å². The molecular weight excluding hydrogens is 446 g/mol. The number of imide groups is 1. The van der Waals surface area contributed by atoms with Gasteiger partial charge in [-0.25, -0.2) is 4.90 Å². The first-order chi connectivity index (χ1) is 17.1. The lowest BCUT2D eigenvalue weighted by atomic mass is 10.0. The fourth-order valence-corrected chi connectivity index (χ4v) is 3.98. The van der Waals surface area contributed by atoms with Gasteiger partial charge in [-0.15, -0.1) is 0 Å². The molecule has 35 heavy (non-hydrogen) atoms. The Balaban J connectivity index is 1.55. The summed E-state index contributed by atoms with van der Waals surface area (Å²) >= 11 is 0. The van der Waals surface area contributed by atoms with Gasteiger partial charge < -0.3 is 19.5 Å². The second-order valence-corrected chi connectivity index (χ2v) is 7.80. The van der Waals surface area contributed by atoms with Crippen LogP contribution in [0.5, 0.6) is 17.2 Å². The van der Waals surface area contributed by atoms with E-state index in [4.69, 9.17) is 19.5 Å². The van der Waals surface area contributed by atoms with Crippen LogP contribution in [0.4, 0.5) is 11.4 Å².